The molecule has 106 valence electrons. The van der Waals surface area contributed by atoms with Gasteiger partial charge in [0.25, 0.3) is 0 Å². The van der Waals surface area contributed by atoms with Crippen LogP contribution >= 0.6 is 0 Å². The van der Waals surface area contributed by atoms with E-state index in [2.05, 4.69) is 20.4 Å². The molecule has 1 saturated heterocycles. The summed E-state index contributed by atoms with van der Waals surface area (Å²) < 4.78 is 0. The third kappa shape index (κ3) is 3.57. The van der Waals surface area contributed by atoms with E-state index in [0.717, 1.165) is 12.6 Å². The van der Waals surface area contributed by atoms with E-state index in [1.54, 1.807) is 0 Å². The van der Waals surface area contributed by atoms with Crippen molar-refractivity contribution in [2.45, 2.75) is 63.6 Å². The molecule has 2 heterocycles. The molecular weight excluding hydrogens is 236 g/mol. The second kappa shape index (κ2) is 6.53. The van der Waals surface area contributed by atoms with E-state index in [1.165, 1.54) is 63.7 Å². The minimum absolute atomic E-state index is 0.698. The lowest BCUT2D eigenvalue weighted by Gasteiger charge is -2.39. The van der Waals surface area contributed by atoms with E-state index in [1.807, 2.05) is 12.3 Å². The molecule has 1 aromatic rings. The normalized spacial score (nSPS) is 29.5. The SMILES string of the molecule is c1cc(CNC2CCC(N3CCCCC3)CC2)[nH]n1. The Labute approximate surface area is 116 Å². The number of aromatic amines is 1. The molecule has 0 aromatic carbocycles. The fourth-order valence-corrected chi connectivity index (χ4v) is 3.57. The summed E-state index contributed by atoms with van der Waals surface area (Å²) >= 11 is 0. The zero-order valence-electron chi connectivity index (χ0n) is 11.8. The number of hydrogen-bond acceptors (Lipinski definition) is 3. The molecule has 4 nitrogen and oxygen atoms in total. The fourth-order valence-electron chi connectivity index (χ4n) is 3.57. The Balaban J connectivity index is 1.39. The first-order valence-electron chi connectivity index (χ1n) is 7.87. The molecule has 3 rings (SSSR count). The summed E-state index contributed by atoms with van der Waals surface area (Å²) in [6.45, 7) is 3.62. The summed E-state index contributed by atoms with van der Waals surface area (Å²) in [6.07, 6.45) is 11.5. The summed E-state index contributed by atoms with van der Waals surface area (Å²) in [6, 6.07) is 3.61. The average Bonchev–Trinajstić information content (AvgIpc) is 3.00. The molecule has 0 atom stereocenters. The van der Waals surface area contributed by atoms with Crippen LogP contribution in [0.2, 0.25) is 0 Å². The Bertz CT molecular complexity index is 348. The van der Waals surface area contributed by atoms with Crippen molar-refractivity contribution in [1.29, 1.82) is 0 Å². The summed E-state index contributed by atoms with van der Waals surface area (Å²) in [5, 5.41) is 10.7. The van der Waals surface area contributed by atoms with Crippen LogP contribution in [0.5, 0.6) is 0 Å². The first kappa shape index (κ1) is 13.1. The molecule has 2 N–H and O–H groups in total. The van der Waals surface area contributed by atoms with Gasteiger partial charge in [0.15, 0.2) is 0 Å². The van der Waals surface area contributed by atoms with Crippen LogP contribution in [0.25, 0.3) is 0 Å². The fraction of sp³-hybridized carbons (Fsp3) is 0.800. The lowest BCUT2D eigenvalue weighted by Crippen LogP contribution is -2.44. The predicted molar refractivity (Wildman–Crippen MR) is 76.9 cm³/mol. The number of nitrogens with one attached hydrogen (secondary N) is 2. The third-order valence-corrected chi connectivity index (χ3v) is 4.74. The number of piperidine rings is 1. The van der Waals surface area contributed by atoms with Gasteiger partial charge in [-0.2, -0.15) is 5.10 Å². The molecule has 0 unspecified atom stereocenters. The van der Waals surface area contributed by atoms with Crippen molar-refractivity contribution in [3.63, 3.8) is 0 Å². The molecule has 19 heavy (non-hydrogen) atoms. The van der Waals surface area contributed by atoms with Crippen LogP contribution in [0, 0.1) is 0 Å². The molecule has 2 fully saturated rings. The van der Waals surface area contributed by atoms with Crippen LogP contribution in [0.15, 0.2) is 12.3 Å². The largest absolute Gasteiger partial charge is 0.308 e. The topological polar surface area (TPSA) is 44.0 Å². The quantitative estimate of drug-likeness (QED) is 0.875. The molecule has 1 aliphatic carbocycles. The van der Waals surface area contributed by atoms with Gasteiger partial charge in [0, 0.05) is 30.5 Å². The summed E-state index contributed by atoms with van der Waals surface area (Å²) in [5.74, 6) is 0. The van der Waals surface area contributed by atoms with E-state index in [9.17, 15) is 0 Å². The number of rotatable bonds is 4. The summed E-state index contributed by atoms with van der Waals surface area (Å²) in [7, 11) is 0. The Morgan fingerprint density at radius 2 is 1.95 bits per heavy atom. The highest BCUT2D eigenvalue weighted by atomic mass is 15.2. The summed E-state index contributed by atoms with van der Waals surface area (Å²) in [5.41, 5.74) is 1.19. The highest BCUT2D eigenvalue weighted by molar-refractivity contribution is 4.97. The highest BCUT2D eigenvalue weighted by Gasteiger charge is 2.26. The maximum Gasteiger partial charge on any atom is 0.0490 e. The Hall–Kier alpha value is -0.870. The molecule has 0 bridgehead atoms. The van der Waals surface area contributed by atoms with Crippen LogP contribution in [-0.2, 0) is 6.54 Å². The molecule has 1 aromatic heterocycles. The van der Waals surface area contributed by atoms with Gasteiger partial charge in [-0.1, -0.05) is 6.42 Å². The van der Waals surface area contributed by atoms with E-state index in [4.69, 9.17) is 0 Å². The van der Waals surface area contributed by atoms with Crippen LogP contribution < -0.4 is 5.32 Å². The monoisotopic (exact) mass is 262 g/mol. The standard InChI is InChI=1S/C15H26N4/c1-2-10-19(11-3-1)15-6-4-13(5-7-15)16-12-14-8-9-17-18-14/h8-9,13,15-16H,1-7,10-12H2,(H,17,18). The van der Waals surface area contributed by atoms with Gasteiger partial charge in [0.2, 0.25) is 0 Å². The Kier molecular flexibility index (Phi) is 4.51. The van der Waals surface area contributed by atoms with Crippen molar-refractivity contribution in [1.82, 2.24) is 20.4 Å². The van der Waals surface area contributed by atoms with Crippen molar-refractivity contribution in [3.8, 4) is 0 Å². The highest BCUT2D eigenvalue weighted by Crippen LogP contribution is 2.25. The van der Waals surface area contributed by atoms with Gasteiger partial charge in [-0.3, -0.25) is 5.10 Å². The molecule has 0 amide bonds. The van der Waals surface area contributed by atoms with Gasteiger partial charge in [-0.15, -0.1) is 0 Å². The first-order valence-corrected chi connectivity index (χ1v) is 7.87. The third-order valence-electron chi connectivity index (χ3n) is 4.74. The van der Waals surface area contributed by atoms with Crippen molar-refractivity contribution >= 4 is 0 Å². The molecule has 4 heteroatoms. The minimum atomic E-state index is 0.698. The van der Waals surface area contributed by atoms with Gasteiger partial charge in [0.1, 0.15) is 0 Å². The van der Waals surface area contributed by atoms with E-state index in [-0.39, 0.29) is 0 Å². The van der Waals surface area contributed by atoms with Gasteiger partial charge in [-0.05, 0) is 57.7 Å². The van der Waals surface area contributed by atoms with Gasteiger partial charge in [-0.25, -0.2) is 0 Å². The van der Waals surface area contributed by atoms with Crippen LogP contribution in [0.3, 0.4) is 0 Å². The lowest BCUT2D eigenvalue weighted by atomic mass is 9.89. The summed E-state index contributed by atoms with van der Waals surface area (Å²) in [4.78, 5) is 2.74. The van der Waals surface area contributed by atoms with Crippen LogP contribution in [-0.4, -0.2) is 40.3 Å². The number of H-pyrrole nitrogens is 1. The first-order chi connectivity index (χ1) is 9.42. The predicted octanol–water partition coefficient (Wildman–Crippen LogP) is 2.30. The molecular formula is C15H26N4. The number of nitrogens with zero attached hydrogens (tertiary/aromatic N) is 2. The number of aromatic nitrogens is 2. The van der Waals surface area contributed by atoms with Crippen molar-refractivity contribution in [2.24, 2.45) is 0 Å². The Morgan fingerprint density at radius 3 is 2.63 bits per heavy atom. The van der Waals surface area contributed by atoms with E-state index in [0.29, 0.717) is 6.04 Å². The van der Waals surface area contributed by atoms with Crippen molar-refractivity contribution in [2.75, 3.05) is 13.1 Å². The molecule has 0 radical (unpaired) electrons. The lowest BCUT2D eigenvalue weighted by molar-refractivity contribution is 0.120. The van der Waals surface area contributed by atoms with Crippen molar-refractivity contribution < 1.29 is 0 Å². The zero-order valence-corrected chi connectivity index (χ0v) is 11.8. The van der Waals surface area contributed by atoms with Gasteiger partial charge in [0.05, 0.1) is 0 Å². The van der Waals surface area contributed by atoms with Crippen LogP contribution in [0.1, 0.15) is 50.6 Å². The van der Waals surface area contributed by atoms with Gasteiger partial charge < -0.3 is 10.2 Å². The van der Waals surface area contributed by atoms with Crippen LogP contribution in [0.4, 0.5) is 0 Å². The molecule has 1 saturated carbocycles. The molecule has 0 spiro atoms. The van der Waals surface area contributed by atoms with Gasteiger partial charge >= 0.3 is 0 Å². The average molecular weight is 262 g/mol. The Morgan fingerprint density at radius 1 is 1.16 bits per heavy atom. The maximum atomic E-state index is 3.99. The number of likely N-dealkylation sites (tertiary alicyclic amines) is 1. The molecule has 2 aliphatic rings. The second-order valence-electron chi connectivity index (χ2n) is 6.06. The number of hydrogen-bond donors (Lipinski definition) is 2. The van der Waals surface area contributed by atoms with E-state index < -0.39 is 0 Å². The van der Waals surface area contributed by atoms with E-state index >= 15 is 0 Å². The molecule has 1 aliphatic heterocycles. The maximum absolute atomic E-state index is 3.99. The van der Waals surface area contributed by atoms with Crippen molar-refractivity contribution in [3.05, 3.63) is 18.0 Å². The zero-order chi connectivity index (χ0) is 12.9. The minimum Gasteiger partial charge on any atom is -0.308 e. The smallest absolute Gasteiger partial charge is 0.0490 e. The second-order valence-corrected chi connectivity index (χ2v) is 6.06.